The van der Waals surface area contributed by atoms with E-state index < -0.39 is 5.63 Å². The first-order chi connectivity index (χ1) is 13.0. The lowest BCUT2D eigenvalue weighted by atomic mass is 10.0. The van der Waals surface area contributed by atoms with Crippen molar-refractivity contribution in [2.24, 2.45) is 0 Å². The molecule has 1 aromatic heterocycles. The summed E-state index contributed by atoms with van der Waals surface area (Å²) >= 11 is 12.5. The van der Waals surface area contributed by atoms with E-state index in [-0.39, 0.29) is 19.1 Å². The molecule has 0 unspecified atom stereocenters. The fourth-order valence-corrected chi connectivity index (χ4v) is 3.90. The maximum Gasteiger partial charge on any atom is 0.336 e. The van der Waals surface area contributed by atoms with E-state index in [1.165, 1.54) is 12.1 Å². The topological polar surface area (TPSA) is 42.7 Å². The smallest absolute Gasteiger partial charge is 0.336 e. The summed E-state index contributed by atoms with van der Waals surface area (Å²) in [6.07, 6.45) is 0.673. The third-order valence-corrected chi connectivity index (χ3v) is 5.35. The molecule has 2 heterocycles. The SMILES string of the molecule is CCc1cc(=O)oc2c3c(c(Cl)cc12)OCN(Cc1c(F)cccc1Cl)C3. The number of ether oxygens (including phenoxy) is 1. The largest absolute Gasteiger partial charge is 0.476 e. The van der Waals surface area contributed by atoms with Crippen LogP contribution in [0, 0.1) is 5.82 Å². The van der Waals surface area contributed by atoms with Gasteiger partial charge in [0.1, 0.15) is 23.9 Å². The van der Waals surface area contributed by atoms with Gasteiger partial charge < -0.3 is 9.15 Å². The standard InChI is InChI=1S/C20H16Cl2FNO3/c1-2-11-6-18(25)27-19-12(11)7-16(22)20-14(19)9-24(10-26-20)8-13-15(21)4-3-5-17(13)23/h3-7H,2,8-10H2,1H3. The predicted molar refractivity (Wildman–Crippen MR) is 103 cm³/mol. The van der Waals surface area contributed by atoms with E-state index in [1.807, 2.05) is 11.8 Å². The van der Waals surface area contributed by atoms with Crippen molar-refractivity contribution < 1.29 is 13.5 Å². The molecule has 0 atom stereocenters. The molecule has 140 valence electrons. The van der Waals surface area contributed by atoms with Crippen molar-refractivity contribution in [3.63, 3.8) is 0 Å². The van der Waals surface area contributed by atoms with Crippen LogP contribution in [0.1, 0.15) is 23.6 Å². The Bertz CT molecular complexity index is 1080. The van der Waals surface area contributed by atoms with Crippen LogP contribution in [0.5, 0.6) is 5.75 Å². The lowest BCUT2D eigenvalue weighted by molar-refractivity contribution is 0.0881. The fourth-order valence-electron chi connectivity index (χ4n) is 3.40. The van der Waals surface area contributed by atoms with Gasteiger partial charge in [-0.3, -0.25) is 4.90 Å². The Morgan fingerprint density at radius 1 is 1.22 bits per heavy atom. The van der Waals surface area contributed by atoms with Gasteiger partial charge in [0.25, 0.3) is 0 Å². The summed E-state index contributed by atoms with van der Waals surface area (Å²) in [5.41, 5.74) is 1.98. The van der Waals surface area contributed by atoms with Crippen LogP contribution in [0.25, 0.3) is 11.0 Å². The summed E-state index contributed by atoms with van der Waals surface area (Å²) in [5.74, 6) is 0.125. The third kappa shape index (κ3) is 3.31. The van der Waals surface area contributed by atoms with E-state index in [1.54, 1.807) is 18.2 Å². The molecule has 4 nitrogen and oxygen atoms in total. The van der Waals surface area contributed by atoms with Crippen LogP contribution in [0.4, 0.5) is 4.39 Å². The molecule has 0 aliphatic carbocycles. The number of rotatable bonds is 3. The molecule has 0 saturated carbocycles. The van der Waals surface area contributed by atoms with Gasteiger partial charge in [-0.2, -0.15) is 0 Å². The number of nitrogens with zero attached hydrogens (tertiary/aromatic N) is 1. The Hall–Kier alpha value is -2.08. The zero-order valence-corrected chi connectivity index (χ0v) is 16.0. The normalized spacial score (nSPS) is 14.2. The van der Waals surface area contributed by atoms with Gasteiger partial charge in [0.15, 0.2) is 0 Å². The van der Waals surface area contributed by atoms with Crippen molar-refractivity contribution in [3.8, 4) is 5.75 Å². The van der Waals surface area contributed by atoms with Gasteiger partial charge in [0, 0.05) is 35.1 Å². The Kier molecular flexibility index (Phi) is 4.84. The molecule has 2 aromatic carbocycles. The molecule has 0 radical (unpaired) electrons. The molecule has 0 N–H and O–H groups in total. The second-order valence-electron chi connectivity index (χ2n) is 6.45. The lowest BCUT2D eigenvalue weighted by Gasteiger charge is -2.30. The number of benzene rings is 2. The van der Waals surface area contributed by atoms with Gasteiger partial charge in [-0.05, 0) is 30.2 Å². The average molecular weight is 408 g/mol. The van der Waals surface area contributed by atoms with Crippen molar-refractivity contribution in [2.75, 3.05) is 6.73 Å². The molecule has 1 aliphatic rings. The number of aryl methyl sites for hydroxylation is 1. The molecule has 3 aromatic rings. The number of fused-ring (bicyclic) bond motifs is 3. The molecule has 7 heteroatoms. The van der Waals surface area contributed by atoms with Crippen LogP contribution in [-0.2, 0) is 19.5 Å². The van der Waals surface area contributed by atoms with E-state index >= 15 is 0 Å². The van der Waals surface area contributed by atoms with Crippen molar-refractivity contribution in [2.45, 2.75) is 26.4 Å². The first-order valence-corrected chi connectivity index (χ1v) is 9.29. The van der Waals surface area contributed by atoms with Crippen molar-refractivity contribution in [3.05, 3.63) is 73.3 Å². The second-order valence-corrected chi connectivity index (χ2v) is 7.26. The van der Waals surface area contributed by atoms with Gasteiger partial charge in [-0.25, -0.2) is 9.18 Å². The third-order valence-electron chi connectivity index (χ3n) is 4.72. The molecule has 4 rings (SSSR count). The average Bonchev–Trinajstić information content (AvgIpc) is 2.65. The highest BCUT2D eigenvalue weighted by molar-refractivity contribution is 6.33. The van der Waals surface area contributed by atoms with Gasteiger partial charge in [-0.1, -0.05) is 36.2 Å². The highest BCUT2D eigenvalue weighted by Gasteiger charge is 2.26. The highest BCUT2D eigenvalue weighted by Crippen LogP contribution is 2.39. The van der Waals surface area contributed by atoms with Gasteiger partial charge in [0.05, 0.1) is 10.6 Å². The number of hydrogen-bond donors (Lipinski definition) is 0. The molecular formula is C20H16Cl2FNO3. The highest BCUT2D eigenvalue weighted by atomic mass is 35.5. The van der Waals surface area contributed by atoms with Crippen LogP contribution >= 0.6 is 23.2 Å². The first-order valence-electron chi connectivity index (χ1n) is 8.54. The fraction of sp³-hybridized carbons (Fsp3) is 0.250. The zero-order valence-electron chi connectivity index (χ0n) is 14.5. The Morgan fingerprint density at radius 2 is 2.04 bits per heavy atom. The van der Waals surface area contributed by atoms with Crippen LogP contribution in [0.15, 0.2) is 39.5 Å². The summed E-state index contributed by atoms with van der Waals surface area (Å²) < 4.78 is 25.4. The van der Waals surface area contributed by atoms with Gasteiger partial charge in [0.2, 0.25) is 0 Å². The van der Waals surface area contributed by atoms with Crippen molar-refractivity contribution in [1.29, 1.82) is 0 Å². The summed E-state index contributed by atoms with van der Waals surface area (Å²) in [7, 11) is 0. The lowest BCUT2D eigenvalue weighted by Crippen LogP contribution is -2.32. The van der Waals surface area contributed by atoms with Crippen molar-refractivity contribution >= 4 is 34.2 Å². The molecule has 1 aliphatic heterocycles. The molecule has 0 spiro atoms. The first kappa shape index (κ1) is 18.3. The number of halogens is 3. The van der Waals surface area contributed by atoms with E-state index in [2.05, 4.69) is 0 Å². The Labute approximate surface area is 165 Å². The summed E-state index contributed by atoms with van der Waals surface area (Å²) in [6, 6.07) is 7.83. The minimum Gasteiger partial charge on any atom is -0.476 e. The molecule has 27 heavy (non-hydrogen) atoms. The monoisotopic (exact) mass is 407 g/mol. The second kappa shape index (κ2) is 7.15. The van der Waals surface area contributed by atoms with Gasteiger partial charge >= 0.3 is 5.63 Å². The van der Waals surface area contributed by atoms with E-state index in [4.69, 9.17) is 32.4 Å². The molecule has 0 saturated heterocycles. The molecule has 0 fully saturated rings. The van der Waals surface area contributed by atoms with Crippen LogP contribution in [0.3, 0.4) is 0 Å². The van der Waals surface area contributed by atoms with Crippen LogP contribution in [0.2, 0.25) is 10.0 Å². The van der Waals surface area contributed by atoms with E-state index in [9.17, 15) is 9.18 Å². The van der Waals surface area contributed by atoms with E-state index in [0.717, 1.165) is 10.9 Å². The Balaban J connectivity index is 1.78. The minimum atomic E-state index is -0.418. The maximum absolute atomic E-state index is 14.1. The van der Waals surface area contributed by atoms with E-state index in [0.29, 0.717) is 45.5 Å². The van der Waals surface area contributed by atoms with Gasteiger partial charge in [-0.15, -0.1) is 0 Å². The molecular weight excluding hydrogens is 392 g/mol. The van der Waals surface area contributed by atoms with Crippen molar-refractivity contribution in [1.82, 2.24) is 4.90 Å². The summed E-state index contributed by atoms with van der Waals surface area (Å²) in [5, 5.41) is 1.61. The predicted octanol–water partition coefficient (Wildman–Crippen LogP) is 5.15. The van der Waals surface area contributed by atoms with Crippen LogP contribution in [-0.4, -0.2) is 11.6 Å². The van der Waals surface area contributed by atoms with Crippen LogP contribution < -0.4 is 10.4 Å². The Morgan fingerprint density at radius 3 is 2.78 bits per heavy atom. The molecule has 0 bridgehead atoms. The minimum absolute atomic E-state index is 0.223. The molecule has 0 amide bonds. The summed E-state index contributed by atoms with van der Waals surface area (Å²) in [4.78, 5) is 13.9. The zero-order chi connectivity index (χ0) is 19.1. The quantitative estimate of drug-likeness (QED) is 0.562. The number of hydrogen-bond acceptors (Lipinski definition) is 4. The summed E-state index contributed by atoms with van der Waals surface area (Å²) in [6.45, 7) is 2.84. The maximum atomic E-state index is 14.1.